The van der Waals surface area contributed by atoms with Gasteiger partial charge in [0.2, 0.25) is 11.8 Å². The lowest BCUT2D eigenvalue weighted by molar-refractivity contribution is -0.128. The van der Waals surface area contributed by atoms with Crippen molar-refractivity contribution in [2.24, 2.45) is 0 Å². The molecule has 1 aliphatic heterocycles. The number of para-hydroxylation sites is 1. The van der Waals surface area contributed by atoms with Gasteiger partial charge in [0.25, 0.3) is 10.0 Å². The Morgan fingerprint density at radius 2 is 1.88 bits per heavy atom. The summed E-state index contributed by atoms with van der Waals surface area (Å²) in [4.78, 5) is 26.4. The van der Waals surface area contributed by atoms with Crippen LogP contribution in [0.3, 0.4) is 0 Å². The highest BCUT2D eigenvalue weighted by atomic mass is 32.2. The zero-order valence-corrected chi connectivity index (χ0v) is 19.9. The van der Waals surface area contributed by atoms with Crippen molar-refractivity contribution in [2.45, 2.75) is 30.1 Å². The Morgan fingerprint density at radius 1 is 1.09 bits per heavy atom. The van der Waals surface area contributed by atoms with Crippen molar-refractivity contribution in [3.05, 3.63) is 83.0 Å². The second-order valence-corrected chi connectivity index (χ2v) is 10.9. The zero-order valence-electron chi connectivity index (χ0n) is 18.3. The van der Waals surface area contributed by atoms with E-state index in [9.17, 15) is 22.4 Å². The fraction of sp³-hybridized carbons (Fsp3) is 0.250. The molecule has 1 aromatic heterocycles. The second-order valence-electron chi connectivity index (χ2n) is 7.91. The van der Waals surface area contributed by atoms with Crippen molar-refractivity contribution < 1.29 is 22.4 Å². The van der Waals surface area contributed by atoms with Crippen LogP contribution in [0.25, 0.3) is 0 Å². The minimum Gasteiger partial charge on any atom is -0.350 e. The molecule has 1 fully saturated rings. The summed E-state index contributed by atoms with van der Waals surface area (Å²) in [5, 5.41) is 4.33. The van der Waals surface area contributed by atoms with Crippen molar-refractivity contribution in [1.29, 1.82) is 0 Å². The molecular formula is C24H24FN3O4S2. The minimum absolute atomic E-state index is 0.0210. The number of anilines is 1. The van der Waals surface area contributed by atoms with Crippen LogP contribution in [-0.2, 0) is 32.7 Å². The highest BCUT2D eigenvalue weighted by Crippen LogP contribution is 2.28. The predicted molar refractivity (Wildman–Crippen MR) is 128 cm³/mol. The van der Waals surface area contributed by atoms with Crippen LogP contribution in [0.1, 0.15) is 24.0 Å². The number of halogens is 1. The molecule has 34 heavy (non-hydrogen) atoms. The van der Waals surface area contributed by atoms with Crippen molar-refractivity contribution in [1.82, 2.24) is 10.2 Å². The van der Waals surface area contributed by atoms with Crippen LogP contribution in [-0.4, -0.2) is 38.2 Å². The number of carbonyl (C=O) groups excluding carboxylic acids is 2. The molecule has 10 heteroatoms. The van der Waals surface area contributed by atoms with Crippen LogP contribution < -0.4 is 9.62 Å². The number of amides is 2. The number of carbonyl (C=O) groups is 2. The molecule has 0 atom stereocenters. The van der Waals surface area contributed by atoms with E-state index in [1.165, 1.54) is 24.3 Å². The largest absolute Gasteiger partial charge is 0.350 e. The number of likely N-dealkylation sites (tertiary alicyclic amines) is 1. The van der Waals surface area contributed by atoms with Gasteiger partial charge in [-0.2, -0.15) is 0 Å². The molecule has 178 valence electrons. The molecule has 0 aliphatic carbocycles. The summed E-state index contributed by atoms with van der Waals surface area (Å²) in [6, 6.07) is 16.0. The molecule has 2 aromatic carbocycles. The highest BCUT2D eigenvalue weighted by molar-refractivity contribution is 7.94. The topological polar surface area (TPSA) is 86.8 Å². The van der Waals surface area contributed by atoms with Crippen molar-refractivity contribution in [3.63, 3.8) is 0 Å². The van der Waals surface area contributed by atoms with Gasteiger partial charge in [0.15, 0.2) is 0 Å². The first-order chi connectivity index (χ1) is 16.3. The van der Waals surface area contributed by atoms with E-state index in [4.69, 9.17) is 0 Å². The van der Waals surface area contributed by atoms with E-state index in [2.05, 4.69) is 5.32 Å². The summed E-state index contributed by atoms with van der Waals surface area (Å²) in [7, 11) is -4.12. The summed E-state index contributed by atoms with van der Waals surface area (Å²) in [5.74, 6) is -1.16. The third-order valence-electron chi connectivity index (χ3n) is 5.47. The summed E-state index contributed by atoms with van der Waals surface area (Å²) < 4.78 is 41.6. The number of hydrogen-bond acceptors (Lipinski definition) is 5. The van der Waals surface area contributed by atoms with Gasteiger partial charge in [0.1, 0.15) is 16.6 Å². The van der Waals surface area contributed by atoms with Gasteiger partial charge in [-0.1, -0.05) is 42.5 Å². The molecule has 2 heterocycles. The number of benzene rings is 2. The SMILES string of the molecule is O=C(CN(c1ccccc1F)S(=O)(=O)c1cccs1)NCc1cccc(CN2CCCC2=O)c1. The number of nitrogens with one attached hydrogen (secondary N) is 1. The standard InChI is InChI=1S/C24H24FN3O4S2/c25-20-8-1-2-9-21(20)28(34(31,32)24-11-5-13-33-24)17-22(29)26-15-18-6-3-7-19(14-18)16-27-12-4-10-23(27)30/h1-3,5-9,11,13-14H,4,10,12,15-17H2,(H,26,29). The molecule has 7 nitrogen and oxygen atoms in total. The Labute approximate surface area is 201 Å². The second kappa shape index (κ2) is 10.4. The molecule has 0 unspecified atom stereocenters. The van der Waals surface area contributed by atoms with Gasteiger partial charge in [-0.05, 0) is 41.1 Å². The van der Waals surface area contributed by atoms with Crippen LogP contribution in [0.5, 0.6) is 0 Å². The van der Waals surface area contributed by atoms with Crippen molar-refractivity contribution in [2.75, 3.05) is 17.4 Å². The van der Waals surface area contributed by atoms with E-state index in [0.29, 0.717) is 13.0 Å². The fourth-order valence-electron chi connectivity index (χ4n) is 3.79. The van der Waals surface area contributed by atoms with Crippen LogP contribution in [0.2, 0.25) is 0 Å². The maximum Gasteiger partial charge on any atom is 0.274 e. The predicted octanol–water partition coefficient (Wildman–Crippen LogP) is 3.52. The Bertz CT molecular complexity index is 1280. The average Bonchev–Trinajstić information content (AvgIpc) is 3.50. The average molecular weight is 502 g/mol. The summed E-state index contributed by atoms with van der Waals surface area (Å²) in [6.45, 7) is 0.860. The van der Waals surface area contributed by atoms with E-state index < -0.39 is 28.3 Å². The molecule has 1 saturated heterocycles. The van der Waals surface area contributed by atoms with Gasteiger partial charge in [-0.3, -0.25) is 13.9 Å². The molecule has 0 saturated carbocycles. The Kier molecular flexibility index (Phi) is 7.28. The lowest BCUT2D eigenvalue weighted by atomic mass is 10.1. The van der Waals surface area contributed by atoms with Crippen molar-refractivity contribution >= 4 is 38.9 Å². The summed E-state index contributed by atoms with van der Waals surface area (Å²) in [5.41, 5.74) is 1.58. The summed E-state index contributed by atoms with van der Waals surface area (Å²) in [6.07, 6.45) is 1.43. The molecule has 1 aliphatic rings. The third-order valence-corrected chi connectivity index (χ3v) is 8.61. The molecule has 2 amide bonds. The Hall–Kier alpha value is -3.24. The molecule has 1 N–H and O–H groups in total. The van der Waals surface area contributed by atoms with E-state index in [1.54, 1.807) is 16.3 Å². The molecular weight excluding hydrogens is 477 g/mol. The Morgan fingerprint density at radius 3 is 2.59 bits per heavy atom. The first kappa shape index (κ1) is 23.9. The van der Waals surface area contributed by atoms with E-state index >= 15 is 0 Å². The first-order valence-corrected chi connectivity index (χ1v) is 13.1. The number of thiophene rings is 1. The first-order valence-electron chi connectivity index (χ1n) is 10.8. The molecule has 0 radical (unpaired) electrons. The highest BCUT2D eigenvalue weighted by Gasteiger charge is 2.29. The molecule has 4 rings (SSSR count). The lowest BCUT2D eigenvalue weighted by Gasteiger charge is -2.23. The molecule has 0 spiro atoms. The van der Waals surface area contributed by atoms with Crippen LogP contribution in [0.15, 0.2) is 70.3 Å². The van der Waals surface area contributed by atoms with Crippen molar-refractivity contribution in [3.8, 4) is 0 Å². The van der Waals surface area contributed by atoms with Gasteiger partial charge >= 0.3 is 0 Å². The number of hydrogen-bond donors (Lipinski definition) is 1. The Balaban J connectivity index is 1.46. The van der Waals surface area contributed by atoms with Gasteiger partial charge in [0, 0.05) is 26.1 Å². The summed E-state index contributed by atoms with van der Waals surface area (Å²) >= 11 is 0.999. The number of sulfonamides is 1. The van der Waals surface area contributed by atoms with E-state index in [1.807, 2.05) is 24.3 Å². The fourth-order valence-corrected chi connectivity index (χ4v) is 6.32. The smallest absolute Gasteiger partial charge is 0.274 e. The lowest BCUT2D eigenvalue weighted by Crippen LogP contribution is -2.40. The van der Waals surface area contributed by atoms with E-state index in [-0.39, 0.29) is 22.3 Å². The number of rotatable bonds is 9. The van der Waals surface area contributed by atoms with Crippen LogP contribution >= 0.6 is 11.3 Å². The maximum atomic E-state index is 14.5. The quantitative estimate of drug-likeness (QED) is 0.486. The van der Waals surface area contributed by atoms with Crippen LogP contribution in [0, 0.1) is 5.82 Å². The number of nitrogens with zero attached hydrogens (tertiary/aromatic N) is 2. The van der Waals surface area contributed by atoms with Gasteiger partial charge < -0.3 is 10.2 Å². The maximum absolute atomic E-state index is 14.5. The third kappa shape index (κ3) is 5.45. The van der Waals surface area contributed by atoms with E-state index in [0.717, 1.165) is 45.8 Å². The molecule has 3 aromatic rings. The van der Waals surface area contributed by atoms with Gasteiger partial charge in [-0.25, -0.2) is 12.8 Å². The van der Waals surface area contributed by atoms with Crippen LogP contribution in [0.4, 0.5) is 10.1 Å². The normalized spacial score (nSPS) is 13.8. The minimum atomic E-state index is -4.12. The monoisotopic (exact) mass is 501 g/mol. The van der Waals surface area contributed by atoms with Gasteiger partial charge in [0.05, 0.1) is 5.69 Å². The van der Waals surface area contributed by atoms with Gasteiger partial charge in [-0.15, -0.1) is 11.3 Å². The zero-order chi connectivity index (χ0) is 24.1. The molecule has 0 bridgehead atoms.